The van der Waals surface area contributed by atoms with Crippen molar-refractivity contribution in [1.29, 1.82) is 0 Å². The Balaban J connectivity index is 1.69. The molecule has 0 amide bonds. The van der Waals surface area contributed by atoms with Crippen molar-refractivity contribution >= 4 is 0 Å². The zero-order chi connectivity index (χ0) is 12.2. The van der Waals surface area contributed by atoms with E-state index in [2.05, 4.69) is 20.3 Å². The Labute approximate surface area is 107 Å². The maximum absolute atomic E-state index is 4.45. The Kier molecular flexibility index (Phi) is 3.37. The summed E-state index contributed by atoms with van der Waals surface area (Å²) in [6.07, 6.45) is 8.53. The summed E-state index contributed by atoms with van der Waals surface area (Å²) in [5.41, 5.74) is 1.95. The second-order valence-corrected chi connectivity index (χ2v) is 4.81. The highest BCUT2D eigenvalue weighted by Gasteiger charge is 2.14. The number of hydrogen-bond acceptors (Lipinski definition) is 3. The molecule has 1 atom stereocenters. The molecule has 0 radical (unpaired) electrons. The van der Waals surface area contributed by atoms with Gasteiger partial charge in [-0.25, -0.2) is 4.98 Å². The number of nitrogens with one attached hydrogen (secondary N) is 2. The van der Waals surface area contributed by atoms with Gasteiger partial charge in [-0.3, -0.25) is 4.98 Å². The molecule has 3 rings (SSSR count). The maximum atomic E-state index is 4.45. The molecule has 0 spiro atoms. The minimum Gasteiger partial charge on any atom is -0.341 e. The lowest BCUT2D eigenvalue weighted by Crippen LogP contribution is -2.35. The summed E-state index contributed by atoms with van der Waals surface area (Å²) >= 11 is 0. The minimum absolute atomic E-state index is 0.571. The van der Waals surface area contributed by atoms with Gasteiger partial charge in [0, 0.05) is 18.7 Å². The molecular formula is C14H18N4. The van der Waals surface area contributed by atoms with Crippen LogP contribution in [0.1, 0.15) is 25.1 Å². The van der Waals surface area contributed by atoms with Gasteiger partial charge in [-0.15, -0.1) is 0 Å². The van der Waals surface area contributed by atoms with E-state index in [-0.39, 0.29) is 0 Å². The standard InChI is InChI=1S/C14H18N4/c1-3-7-15-11(5-1)9-14-17-10-13(18-14)12-6-2-4-8-16-12/h2,4,6,8,10-11,15H,1,3,5,7,9H2,(H,17,18). The van der Waals surface area contributed by atoms with Crippen molar-refractivity contribution < 1.29 is 0 Å². The Morgan fingerprint density at radius 1 is 1.22 bits per heavy atom. The van der Waals surface area contributed by atoms with Crippen LogP contribution >= 0.6 is 0 Å². The summed E-state index contributed by atoms with van der Waals surface area (Å²) in [5.74, 6) is 1.05. The molecule has 4 heteroatoms. The topological polar surface area (TPSA) is 53.6 Å². The van der Waals surface area contributed by atoms with Gasteiger partial charge in [0.05, 0.1) is 17.6 Å². The van der Waals surface area contributed by atoms with Crippen LogP contribution in [0, 0.1) is 0 Å². The fraction of sp³-hybridized carbons (Fsp3) is 0.429. The molecule has 0 aromatic carbocycles. The van der Waals surface area contributed by atoms with E-state index >= 15 is 0 Å². The maximum Gasteiger partial charge on any atom is 0.108 e. The van der Waals surface area contributed by atoms with Gasteiger partial charge in [-0.1, -0.05) is 12.5 Å². The first-order valence-corrected chi connectivity index (χ1v) is 6.60. The van der Waals surface area contributed by atoms with Gasteiger partial charge in [0.25, 0.3) is 0 Å². The first-order chi connectivity index (χ1) is 8.92. The normalized spacial score (nSPS) is 19.9. The number of hydrogen-bond donors (Lipinski definition) is 2. The second-order valence-electron chi connectivity index (χ2n) is 4.81. The van der Waals surface area contributed by atoms with Crippen LogP contribution in [0.25, 0.3) is 11.4 Å². The van der Waals surface area contributed by atoms with Crippen LogP contribution in [-0.4, -0.2) is 27.5 Å². The van der Waals surface area contributed by atoms with Crippen molar-refractivity contribution in [3.63, 3.8) is 0 Å². The van der Waals surface area contributed by atoms with Gasteiger partial charge < -0.3 is 10.3 Å². The Morgan fingerprint density at radius 3 is 3.00 bits per heavy atom. The number of aromatic nitrogens is 3. The molecule has 0 bridgehead atoms. The van der Waals surface area contributed by atoms with E-state index in [9.17, 15) is 0 Å². The molecule has 18 heavy (non-hydrogen) atoms. The Bertz CT molecular complexity index is 486. The molecule has 1 unspecified atom stereocenters. The van der Waals surface area contributed by atoms with E-state index < -0.39 is 0 Å². The molecule has 1 aliphatic rings. The lowest BCUT2D eigenvalue weighted by atomic mass is 10.0. The Morgan fingerprint density at radius 2 is 2.22 bits per heavy atom. The third kappa shape index (κ3) is 2.59. The average molecular weight is 242 g/mol. The summed E-state index contributed by atoms with van der Waals surface area (Å²) < 4.78 is 0. The molecular weight excluding hydrogens is 224 g/mol. The van der Waals surface area contributed by atoms with Crippen LogP contribution in [-0.2, 0) is 6.42 Å². The van der Waals surface area contributed by atoms with Crippen molar-refractivity contribution in [2.75, 3.05) is 6.54 Å². The smallest absolute Gasteiger partial charge is 0.108 e. The van der Waals surface area contributed by atoms with Crippen molar-refractivity contribution in [3.05, 3.63) is 36.4 Å². The lowest BCUT2D eigenvalue weighted by molar-refractivity contribution is 0.395. The van der Waals surface area contributed by atoms with Crippen molar-refractivity contribution in [2.45, 2.75) is 31.7 Å². The second kappa shape index (κ2) is 5.31. The van der Waals surface area contributed by atoms with E-state index in [0.717, 1.165) is 30.2 Å². The highest BCUT2D eigenvalue weighted by molar-refractivity contribution is 5.52. The fourth-order valence-corrected chi connectivity index (χ4v) is 2.45. The van der Waals surface area contributed by atoms with Crippen molar-refractivity contribution in [2.24, 2.45) is 0 Å². The largest absolute Gasteiger partial charge is 0.341 e. The molecule has 0 saturated carbocycles. The third-order valence-electron chi connectivity index (χ3n) is 3.42. The van der Waals surface area contributed by atoms with Gasteiger partial charge in [-0.2, -0.15) is 0 Å². The van der Waals surface area contributed by atoms with E-state index in [4.69, 9.17) is 0 Å². The van der Waals surface area contributed by atoms with Crippen LogP contribution < -0.4 is 5.32 Å². The summed E-state index contributed by atoms with van der Waals surface area (Å²) in [5, 5.41) is 3.54. The molecule has 2 aromatic heterocycles. The van der Waals surface area contributed by atoms with Crippen LogP contribution in [0.2, 0.25) is 0 Å². The number of imidazole rings is 1. The molecule has 1 aliphatic heterocycles. The summed E-state index contributed by atoms with van der Waals surface area (Å²) in [7, 11) is 0. The Hall–Kier alpha value is -1.68. The van der Waals surface area contributed by atoms with Crippen LogP contribution in [0.4, 0.5) is 0 Å². The van der Waals surface area contributed by atoms with E-state index in [1.165, 1.54) is 19.3 Å². The summed E-state index contributed by atoms with van der Waals surface area (Å²) in [6.45, 7) is 1.14. The van der Waals surface area contributed by atoms with E-state index in [1.54, 1.807) is 6.20 Å². The third-order valence-corrected chi connectivity index (χ3v) is 3.42. The van der Waals surface area contributed by atoms with Gasteiger partial charge in [-0.05, 0) is 31.5 Å². The quantitative estimate of drug-likeness (QED) is 0.867. The predicted molar refractivity (Wildman–Crippen MR) is 71.2 cm³/mol. The molecule has 4 nitrogen and oxygen atoms in total. The van der Waals surface area contributed by atoms with Gasteiger partial charge >= 0.3 is 0 Å². The molecule has 2 N–H and O–H groups in total. The number of rotatable bonds is 3. The number of nitrogens with zero attached hydrogens (tertiary/aromatic N) is 2. The number of piperidine rings is 1. The SMILES string of the molecule is c1ccc(-c2cnc(CC3CCCCN3)[nH]2)nc1. The lowest BCUT2D eigenvalue weighted by Gasteiger charge is -2.22. The molecule has 1 saturated heterocycles. The highest BCUT2D eigenvalue weighted by atomic mass is 15.0. The number of aromatic amines is 1. The zero-order valence-electron chi connectivity index (χ0n) is 10.4. The first-order valence-electron chi connectivity index (χ1n) is 6.60. The molecule has 0 aliphatic carbocycles. The van der Waals surface area contributed by atoms with Crippen LogP contribution in [0.5, 0.6) is 0 Å². The number of pyridine rings is 1. The molecule has 3 heterocycles. The summed E-state index contributed by atoms with van der Waals surface area (Å²) in [4.78, 5) is 12.1. The average Bonchev–Trinajstić information content (AvgIpc) is 2.89. The van der Waals surface area contributed by atoms with Gasteiger partial charge in [0.15, 0.2) is 0 Å². The van der Waals surface area contributed by atoms with Crippen LogP contribution in [0.15, 0.2) is 30.6 Å². The van der Waals surface area contributed by atoms with E-state index in [0.29, 0.717) is 6.04 Å². The van der Waals surface area contributed by atoms with E-state index in [1.807, 2.05) is 24.4 Å². The zero-order valence-corrected chi connectivity index (χ0v) is 10.4. The highest BCUT2D eigenvalue weighted by Crippen LogP contribution is 2.16. The fourth-order valence-electron chi connectivity index (χ4n) is 2.45. The molecule has 94 valence electrons. The molecule has 1 fully saturated rings. The summed E-state index contributed by atoms with van der Waals surface area (Å²) in [6, 6.07) is 6.48. The van der Waals surface area contributed by atoms with Crippen LogP contribution in [0.3, 0.4) is 0 Å². The minimum atomic E-state index is 0.571. The first kappa shape index (κ1) is 11.4. The van der Waals surface area contributed by atoms with Crippen molar-refractivity contribution in [3.8, 4) is 11.4 Å². The van der Waals surface area contributed by atoms with Gasteiger partial charge in [0.1, 0.15) is 5.82 Å². The van der Waals surface area contributed by atoms with Crippen molar-refractivity contribution in [1.82, 2.24) is 20.3 Å². The molecule has 2 aromatic rings. The number of H-pyrrole nitrogens is 1. The monoisotopic (exact) mass is 242 g/mol. The van der Waals surface area contributed by atoms with Gasteiger partial charge in [0.2, 0.25) is 0 Å². The predicted octanol–water partition coefficient (Wildman–Crippen LogP) is 2.16.